The van der Waals surface area contributed by atoms with Crippen molar-refractivity contribution in [1.82, 2.24) is 10.3 Å². The van der Waals surface area contributed by atoms with Crippen molar-refractivity contribution in [3.05, 3.63) is 35.4 Å². The number of hydrogen-bond donors (Lipinski definition) is 2. The van der Waals surface area contributed by atoms with Gasteiger partial charge in [-0.1, -0.05) is 25.5 Å². The predicted molar refractivity (Wildman–Crippen MR) is 76.4 cm³/mol. The van der Waals surface area contributed by atoms with Crippen molar-refractivity contribution < 1.29 is 4.79 Å². The molecular formula is C15H23N3O. The van der Waals surface area contributed by atoms with E-state index in [1.54, 1.807) is 0 Å². The molecule has 0 atom stereocenters. The molecule has 1 aliphatic rings. The lowest BCUT2D eigenvalue weighted by molar-refractivity contribution is 0.0953. The van der Waals surface area contributed by atoms with Crippen molar-refractivity contribution in [3.63, 3.8) is 0 Å². The number of nitrogens with one attached hydrogen (secondary N) is 1. The Kier molecular flexibility index (Phi) is 4.93. The highest BCUT2D eigenvalue weighted by Crippen LogP contribution is 2.27. The van der Waals surface area contributed by atoms with Crippen LogP contribution in [0.25, 0.3) is 0 Å². The zero-order valence-corrected chi connectivity index (χ0v) is 11.6. The number of nitrogen functional groups attached to an aromatic ring is 1. The number of rotatable bonds is 6. The zero-order chi connectivity index (χ0) is 13.7. The fraction of sp³-hybridized carbons (Fsp3) is 0.533. The third-order valence-electron chi connectivity index (χ3n) is 3.94. The van der Waals surface area contributed by atoms with E-state index < -0.39 is 0 Å². The number of hydrogen-bond acceptors (Lipinski definition) is 3. The molecular weight excluding hydrogens is 238 g/mol. The number of hydrazine groups is 1. The highest BCUT2D eigenvalue weighted by Gasteiger charge is 2.19. The molecule has 0 unspecified atom stereocenters. The summed E-state index contributed by atoms with van der Waals surface area (Å²) in [4.78, 5) is 13.8. The van der Waals surface area contributed by atoms with E-state index in [9.17, 15) is 4.79 Å². The van der Waals surface area contributed by atoms with E-state index in [1.807, 2.05) is 24.3 Å². The molecule has 0 aromatic heterocycles. The first kappa shape index (κ1) is 14.0. The highest BCUT2D eigenvalue weighted by atomic mass is 16.2. The summed E-state index contributed by atoms with van der Waals surface area (Å²) < 4.78 is 0. The summed E-state index contributed by atoms with van der Waals surface area (Å²) in [5.41, 5.74) is 3.99. The fourth-order valence-electron chi connectivity index (χ4n) is 2.45. The summed E-state index contributed by atoms with van der Waals surface area (Å²) in [6.45, 7) is 5.43. The van der Waals surface area contributed by atoms with Crippen molar-refractivity contribution in [1.29, 1.82) is 0 Å². The number of carbonyl (C=O) groups is 1. The van der Waals surface area contributed by atoms with Crippen LogP contribution in [0.5, 0.6) is 0 Å². The minimum Gasteiger partial charge on any atom is -0.299 e. The monoisotopic (exact) mass is 261 g/mol. The largest absolute Gasteiger partial charge is 0.299 e. The van der Waals surface area contributed by atoms with Crippen LogP contribution in [-0.4, -0.2) is 23.9 Å². The topological polar surface area (TPSA) is 58.4 Å². The fourth-order valence-corrected chi connectivity index (χ4v) is 2.45. The minimum absolute atomic E-state index is 0.242. The second-order valence-electron chi connectivity index (χ2n) is 5.30. The van der Waals surface area contributed by atoms with Gasteiger partial charge < -0.3 is 0 Å². The van der Waals surface area contributed by atoms with Gasteiger partial charge in [0.2, 0.25) is 0 Å². The third kappa shape index (κ3) is 3.78. The number of nitrogens with zero attached hydrogens (tertiary/aromatic N) is 1. The molecule has 19 heavy (non-hydrogen) atoms. The van der Waals surface area contributed by atoms with Crippen LogP contribution in [0, 0.1) is 5.92 Å². The average Bonchev–Trinajstić information content (AvgIpc) is 2.41. The van der Waals surface area contributed by atoms with Crippen molar-refractivity contribution in [2.45, 2.75) is 32.7 Å². The highest BCUT2D eigenvalue weighted by molar-refractivity contribution is 5.93. The van der Waals surface area contributed by atoms with Gasteiger partial charge in [0.25, 0.3) is 5.91 Å². The van der Waals surface area contributed by atoms with E-state index in [1.165, 1.54) is 31.4 Å². The maximum absolute atomic E-state index is 11.3. The van der Waals surface area contributed by atoms with Gasteiger partial charge in [0.15, 0.2) is 0 Å². The maximum atomic E-state index is 11.3. The molecule has 1 saturated carbocycles. The molecule has 0 radical (unpaired) electrons. The Labute approximate surface area is 114 Å². The molecule has 0 heterocycles. The van der Waals surface area contributed by atoms with E-state index >= 15 is 0 Å². The van der Waals surface area contributed by atoms with Gasteiger partial charge in [-0.25, -0.2) is 5.84 Å². The lowest BCUT2D eigenvalue weighted by Crippen LogP contribution is -2.32. The van der Waals surface area contributed by atoms with E-state index in [0.29, 0.717) is 5.56 Å². The van der Waals surface area contributed by atoms with Gasteiger partial charge in [0.1, 0.15) is 0 Å². The van der Waals surface area contributed by atoms with Crippen LogP contribution in [0.1, 0.15) is 42.1 Å². The lowest BCUT2D eigenvalue weighted by atomic mass is 9.85. The van der Waals surface area contributed by atoms with Crippen molar-refractivity contribution in [2.75, 3.05) is 13.1 Å². The molecule has 1 fully saturated rings. The molecule has 4 nitrogen and oxygen atoms in total. The molecule has 0 spiro atoms. The van der Waals surface area contributed by atoms with Crippen molar-refractivity contribution in [2.24, 2.45) is 11.8 Å². The lowest BCUT2D eigenvalue weighted by Gasteiger charge is -2.31. The number of carbonyl (C=O) groups excluding carboxylic acids is 1. The molecule has 1 aromatic rings. The Balaban J connectivity index is 1.91. The molecule has 1 aliphatic carbocycles. The Morgan fingerprint density at radius 3 is 2.53 bits per heavy atom. The van der Waals surface area contributed by atoms with Crippen molar-refractivity contribution in [3.8, 4) is 0 Å². The number of amides is 1. The summed E-state index contributed by atoms with van der Waals surface area (Å²) in [5, 5.41) is 0. The summed E-state index contributed by atoms with van der Waals surface area (Å²) in [7, 11) is 0. The van der Waals surface area contributed by atoms with E-state index in [4.69, 9.17) is 5.84 Å². The normalized spacial score (nSPS) is 15.3. The van der Waals surface area contributed by atoms with Crippen LogP contribution in [0.3, 0.4) is 0 Å². The summed E-state index contributed by atoms with van der Waals surface area (Å²) in [6.07, 6.45) is 4.16. The second-order valence-corrected chi connectivity index (χ2v) is 5.30. The third-order valence-corrected chi connectivity index (χ3v) is 3.94. The smallest absolute Gasteiger partial charge is 0.265 e. The van der Waals surface area contributed by atoms with Gasteiger partial charge in [0, 0.05) is 18.7 Å². The van der Waals surface area contributed by atoms with Crippen LogP contribution >= 0.6 is 0 Å². The second kappa shape index (κ2) is 6.68. The first-order valence-corrected chi connectivity index (χ1v) is 7.05. The molecule has 0 saturated heterocycles. The standard InChI is InChI=1S/C15H23N3O/c1-2-18(10-12-4-3-5-12)11-13-6-8-14(9-7-13)15(19)17-16/h6-9,12H,2-5,10-11,16H2,1H3,(H,17,19). The van der Waals surface area contributed by atoms with Crippen LogP contribution in [0.15, 0.2) is 24.3 Å². The van der Waals surface area contributed by atoms with Crippen LogP contribution < -0.4 is 11.3 Å². The van der Waals surface area contributed by atoms with E-state index in [-0.39, 0.29) is 5.91 Å². The van der Waals surface area contributed by atoms with Crippen LogP contribution in [0.4, 0.5) is 0 Å². The van der Waals surface area contributed by atoms with Gasteiger partial charge in [-0.3, -0.25) is 15.1 Å². The Bertz CT molecular complexity index is 412. The Morgan fingerprint density at radius 1 is 1.37 bits per heavy atom. The quantitative estimate of drug-likeness (QED) is 0.467. The maximum Gasteiger partial charge on any atom is 0.265 e. The van der Waals surface area contributed by atoms with Crippen molar-refractivity contribution >= 4 is 5.91 Å². The predicted octanol–water partition coefficient (Wildman–Crippen LogP) is 1.91. The molecule has 0 bridgehead atoms. The summed E-state index contributed by atoms with van der Waals surface area (Å²) in [5.74, 6) is 5.76. The minimum atomic E-state index is -0.242. The molecule has 1 aromatic carbocycles. The molecule has 1 amide bonds. The van der Waals surface area contributed by atoms with Crippen LogP contribution in [0.2, 0.25) is 0 Å². The van der Waals surface area contributed by atoms with E-state index in [2.05, 4.69) is 17.2 Å². The first-order valence-electron chi connectivity index (χ1n) is 7.05. The van der Waals surface area contributed by atoms with Gasteiger partial charge in [0.05, 0.1) is 0 Å². The molecule has 4 heteroatoms. The molecule has 104 valence electrons. The summed E-state index contributed by atoms with van der Waals surface area (Å²) in [6, 6.07) is 7.67. The van der Waals surface area contributed by atoms with Crippen LogP contribution in [-0.2, 0) is 6.54 Å². The molecule has 3 N–H and O–H groups in total. The van der Waals surface area contributed by atoms with E-state index in [0.717, 1.165) is 19.0 Å². The number of benzene rings is 1. The van der Waals surface area contributed by atoms with Gasteiger partial charge in [-0.15, -0.1) is 0 Å². The SMILES string of the molecule is CCN(Cc1ccc(C(=O)NN)cc1)CC1CCC1. The Hall–Kier alpha value is -1.39. The summed E-state index contributed by atoms with van der Waals surface area (Å²) >= 11 is 0. The van der Waals surface area contributed by atoms with Gasteiger partial charge in [-0.2, -0.15) is 0 Å². The van der Waals surface area contributed by atoms with Gasteiger partial charge >= 0.3 is 0 Å². The Morgan fingerprint density at radius 2 is 2.05 bits per heavy atom. The molecule has 0 aliphatic heterocycles. The first-order chi connectivity index (χ1) is 9.22. The number of nitrogens with two attached hydrogens (primary N) is 1. The van der Waals surface area contributed by atoms with Gasteiger partial charge in [-0.05, 0) is 43.0 Å². The zero-order valence-electron chi connectivity index (χ0n) is 11.6. The molecule has 2 rings (SSSR count). The average molecular weight is 261 g/mol.